The Kier molecular flexibility index (Phi) is 7.34. The minimum Gasteiger partial charge on any atom is -0.497 e. The number of halogens is 1. The van der Waals surface area contributed by atoms with Gasteiger partial charge in [0.1, 0.15) is 11.5 Å². The van der Waals surface area contributed by atoms with Crippen molar-refractivity contribution >= 4 is 35.0 Å². The van der Waals surface area contributed by atoms with Crippen LogP contribution in [0.2, 0.25) is 5.02 Å². The zero-order valence-corrected chi connectivity index (χ0v) is 20.3. The maximum absolute atomic E-state index is 13.0. The number of hydrogen-bond donors (Lipinski definition) is 1. The van der Waals surface area contributed by atoms with Crippen LogP contribution in [0.5, 0.6) is 11.5 Å². The van der Waals surface area contributed by atoms with Crippen LogP contribution in [0.25, 0.3) is 17.1 Å². The molecule has 174 valence electrons. The Bertz CT molecular complexity index is 1280. The van der Waals surface area contributed by atoms with Gasteiger partial charge in [-0.3, -0.25) is 14.3 Å². The second kappa shape index (κ2) is 10.6. The molecule has 4 aromatic rings. The molecule has 0 aliphatic carbocycles. The van der Waals surface area contributed by atoms with E-state index >= 15 is 0 Å². The first-order valence-electron chi connectivity index (χ1n) is 10.3. The zero-order chi connectivity index (χ0) is 24.1. The van der Waals surface area contributed by atoms with Crippen molar-refractivity contribution < 1.29 is 14.3 Å². The van der Waals surface area contributed by atoms with Crippen LogP contribution in [-0.2, 0) is 4.79 Å². The number of amides is 1. The van der Waals surface area contributed by atoms with Crippen LogP contribution < -0.4 is 14.8 Å². The predicted molar refractivity (Wildman–Crippen MR) is 133 cm³/mol. The van der Waals surface area contributed by atoms with Crippen molar-refractivity contribution in [2.24, 2.45) is 0 Å². The van der Waals surface area contributed by atoms with E-state index in [1.165, 1.54) is 18.9 Å². The number of thioether (sulfide) groups is 1. The van der Waals surface area contributed by atoms with Crippen molar-refractivity contribution in [3.8, 4) is 28.6 Å². The highest BCUT2D eigenvalue weighted by Crippen LogP contribution is 2.32. The summed E-state index contributed by atoms with van der Waals surface area (Å²) in [5, 5.41) is 12.3. The quantitative estimate of drug-likeness (QED) is 0.339. The molecule has 0 bridgehead atoms. The first kappa shape index (κ1) is 23.6. The van der Waals surface area contributed by atoms with Crippen molar-refractivity contribution in [3.63, 3.8) is 0 Å². The van der Waals surface area contributed by atoms with Crippen molar-refractivity contribution in [2.45, 2.75) is 17.3 Å². The Hall–Kier alpha value is -3.56. The molecule has 1 N–H and O–H groups in total. The summed E-state index contributed by atoms with van der Waals surface area (Å²) in [4.78, 5) is 17.1. The molecule has 0 aliphatic heterocycles. The summed E-state index contributed by atoms with van der Waals surface area (Å²) < 4.78 is 12.5. The molecule has 0 radical (unpaired) electrons. The highest BCUT2D eigenvalue weighted by molar-refractivity contribution is 8.00. The average Bonchev–Trinajstić information content (AvgIpc) is 3.28. The second-order valence-corrected chi connectivity index (χ2v) is 8.91. The van der Waals surface area contributed by atoms with E-state index in [0.717, 1.165) is 17.0 Å². The van der Waals surface area contributed by atoms with Gasteiger partial charge in [-0.2, -0.15) is 0 Å². The van der Waals surface area contributed by atoms with Crippen LogP contribution in [0, 0.1) is 0 Å². The van der Waals surface area contributed by atoms with Crippen molar-refractivity contribution in [3.05, 3.63) is 72.0 Å². The number of ether oxygens (including phenoxy) is 2. The number of carbonyl (C=O) groups is 1. The van der Waals surface area contributed by atoms with Crippen LogP contribution >= 0.6 is 23.4 Å². The maximum Gasteiger partial charge on any atom is 0.237 e. The van der Waals surface area contributed by atoms with E-state index in [1.54, 1.807) is 44.6 Å². The highest BCUT2D eigenvalue weighted by Gasteiger charge is 2.23. The van der Waals surface area contributed by atoms with Gasteiger partial charge < -0.3 is 14.8 Å². The lowest BCUT2D eigenvalue weighted by Gasteiger charge is -2.15. The number of nitrogens with one attached hydrogen (secondary N) is 1. The maximum atomic E-state index is 13.0. The van der Waals surface area contributed by atoms with Crippen molar-refractivity contribution in [2.75, 3.05) is 19.5 Å². The number of anilines is 1. The molecule has 0 aliphatic rings. The number of carbonyl (C=O) groups excluding carboxylic acids is 1. The molecule has 1 unspecified atom stereocenters. The number of hydrogen-bond acceptors (Lipinski definition) is 7. The smallest absolute Gasteiger partial charge is 0.237 e. The lowest BCUT2D eigenvalue weighted by molar-refractivity contribution is -0.115. The van der Waals surface area contributed by atoms with Crippen molar-refractivity contribution in [1.82, 2.24) is 19.7 Å². The van der Waals surface area contributed by atoms with Gasteiger partial charge in [-0.25, -0.2) is 0 Å². The number of rotatable bonds is 8. The van der Waals surface area contributed by atoms with Gasteiger partial charge in [0.15, 0.2) is 11.0 Å². The Balaban J connectivity index is 1.64. The number of pyridine rings is 1. The van der Waals surface area contributed by atoms with Gasteiger partial charge in [-0.05, 0) is 61.5 Å². The Morgan fingerprint density at radius 3 is 2.44 bits per heavy atom. The molecule has 2 aromatic heterocycles. The van der Waals surface area contributed by atoms with E-state index in [-0.39, 0.29) is 5.91 Å². The molecule has 1 amide bonds. The number of aromatic nitrogens is 4. The van der Waals surface area contributed by atoms with Crippen LogP contribution in [-0.4, -0.2) is 45.1 Å². The molecule has 34 heavy (non-hydrogen) atoms. The van der Waals surface area contributed by atoms with E-state index in [1.807, 2.05) is 41.0 Å². The van der Waals surface area contributed by atoms with Crippen LogP contribution in [0.4, 0.5) is 5.69 Å². The van der Waals surface area contributed by atoms with E-state index in [2.05, 4.69) is 20.5 Å². The molecule has 0 fully saturated rings. The standard InChI is InChI=1S/C24H22ClN5O3S/c1-15(23(31)27-20-14-17(25)4-9-21(20)33-3)34-24-29-28-22(16-10-12-26-13-11-16)30(24)18-5-7-19(32-2)8-6-18/h4-15H,1-3H3,(H,27,31). The highest BCUT2D eigenvalue weighted by atomic mass is 35.5. The topological polar surface area (TPSA) is 91.2 Å². The molecule has 0 spiro atoms. The molecule has 8 nitrogen and oxygen atoms in total. The second-order valence-electron chi connectivity index (χ2n) is 7.17. The molecule has 0 saturated heterocycles. The number of nitrogens with zero attached hydrogens (tertiary/aromatic N) is 4. The summed E-state index contributed by atoms with van der Waals surface area (Å²) in [5.74, 6) is 1.68. The van der Waals surface area contributed by atoms with Gasteiger partial charge in [0.05, 0.1) is 25.2 Å². The van der Waals surface area contributed by atoms with Gasteiger partial charge in [0.2, 0.25) is 5.91 Å². The third-order valence-corrected chi connectivity index (χ3v) is 6.25. The van der Waals surface area contributed by atoms with Crippen molar-refractivity contribution in [1.29, 1.82) is 0 Å². The van der Waals surface area contributed by atoms with Crippen LogP contribution in [0.1, 0.15) is 6.92 Å². The summed E-state index contributed by atoms with van der Waals surface area (Å²) in [5.41, 5.74) is 2.19. The molecule has 4 rings (SSSR count). The van der Waals surface area contributed by atoms with Gasteiger partial charge >= 0.3 is 0 Å². The lowest BCUT2D eigenvalue weighted by atomic mass is 10.2. The zero-order valence-electron chi connectivity index (χ0n) is 18.7. The summed E-state index contributed by atoms with van der Waals surface area (Å²) >= 11 is 7.38. The molecule has 10 heteroatoms. The SMILES string of the molecule is COc1ccc(-n2c(SC(C)C(=O)Nc3cc(Cl)ccc3OC)nnc2-c2ccncc2)cc1. The first-order chi connectivity index (χ1) is 16.5. The third-order valence-electron chi connectivity index (χ3n) is 4.97. The van der Waals surface area contributed by atoms with E-state index in [4.69, 9.17) is 21.1 Å². The molecule has 2 heterocycles. The normalized spacial score (nSPS) is 11.6. The Labute approximate surface area is 206 Å². The van der Waals surface area contributed by atoms with Gasteiger partial charge in [-0.15, -0.1) is 10.2 Å². The fourth-order valence-corrected chi connectivity index (χ4v) is 4.26. The third kappa shape index (κ3) is 5.16. The number of methoxy groups -OCH3 is 2. The summed E-state index contributed by atoms with van der Waals surface area (Å²) in [6.45, 7) is 1.80. The molecular formula is C24H22ClN5O3S. The van der Waals surface area contributed by atoms with E-state index in [0.29, 0.717) is 27.4 Å². The summed E-state index contributed by atoms with van der Waals surface area (Å²) in [6, 6.07) is 16.3. The Morgan fingerprint density at radius 2 is 1.76 bits per heavy atom. The fourth-order valence-electron chi connectivity index (χ4n) is 3.22. The van der Waals surface area contributed by atoms with E-state index in [9.17, 15) is 4.79 Å². The lowest BCUT2D eigenvalue weighted by Crippen LogP contribution is -2.23. The largest absolute Gasteiger partial charge is 0.497 e. The van der Waals surface area contributed by atoms with Gasteiger partial charge in [0.25, 0.3) is 0 Å². The van der Waals surface area contributed by atoms with Crippen LogP contribution in [0.3, 0.4) is 0 Å². The van der Waals surface area contributed by atoms with Crippen LogP contribution in [0.15, 0.2) is 72.1 Å². The monoisotopic (exact) mass is 495 g/mol. The minimum atomic E-state index is -0.491. The summed E-state index contributed by atoms with van der Waals surface area (Å²) in [6.07, 6.45) is 3.40. The summed E-state index contributed by atoms with van der Waals surface area (Å²) in [7, 11) is 3.15. The first-order valence-corrected chi connectivity index (χ1v) is 11.6. The molecule has 2 aromatic carbocycles. The molecule has 0 saturated carbocycles. The van der Waals surface area contributed by atoms with Gasteiger partial charge in [-0.1, -0.05) is 23.4 Å². The average molecular weight is 496 g/mol. The Morgan fingerprint density at radius 1 is 1.03 bits per heavy atom. The predicted octanol–water partition coefficient (Wildman–Crippen LogP) is 5.12. The fraction of sp³-hybridized carbons (Fsp3) is 0.167. The molecule has 1 atom stereocenters. The molecular weight excluding hydrogens is 474 g/mol. The van der Waals surface area contributed by atoms with E-state index < -0.39 is 5.25 Å². The number of benzene rings is 2. The van der Waals surface area contributed by atoms with Gasteiger partial charge in [0, 0.05) is 28.7 Å². The minimum absolute atomic E-state index is 0.222.